The van der Waals surface area contributed by atoms with Gasteiger partial charge >= 0.3 is 0 Å². The highest BCUT2D eigenvalue weighted by Gasteiger charge is 2.09. The van der Waals surface area contributed by atoms with Crippen LogP contribution in [0.15, 0.2) is 36.4 Å². The van der Waals surface area contributed by atoms with Crippen molar-refractivity contribution < 1.29 is 4.79 Å². The predicted octanol–water partition coefficient (Wildman–Crippen LogP) is 3.01. The van der Waals surface area contributed by atoms with Crippen LogP contribution in [0.1, 0.15) is 23.7 Å². The first kappa shape index (κ1) is 9.71. The quantitative estimate of drug-likeness (QED) is 0.596. The number of Topliss-reactive ketones (excluding diaryl/α,β-unsaturated/α-hetero) is 1. The normalized spacial score (nSPS) is 10.5. The molecule has 2 nitrogen and oxygen atoms in total. The molecule has 0 aliphatic heterocycles. The van der Waals surface area contributed by atoms with E-state index in [0.717, 1.165) is 10.8 Å². The topological polar surface area (TPSA) is 43.1 Å². The molecule has 0 aromatic heterocycles. The highest BCUT2D eigenvalue weighted by atomic mass is 16.1. The van der Waals surface area contributed by atoms with Crippen molar-refractivity contribution in [3.8, 4) is 0 Å². The number of carbonyl (C=O) groups excluding carboxylic acids is 1. The predicted molar refractivity (Wildman–Crippen MR) is 63.0 cm³/mol. The summed E-state index contributed by atoms with van der Waals surface area (Å²) in [4.78, 5) is 11.6. The Hall–Kier alpha value is -1.83. The molecule has 0 saturated carbocycles. The molecular formula is C13H13NO. The number of benzene rings is 2. The number of rotatable bonds is 2. The summed E-state index contributed by atoms with van der Waals surface area (Å²) in [5, 5.41) is 2.03. The monoisotopic (exact) mass is 199 g/mol. The minimum absolute atomic E-state index is 0.0956. The molecular weight excluding hydrogens is 186 g/mol. The van der Waals surface area contributed by atoms with Crippen molar-refractivity contribution in [3.63, 3.8) is 0 Å². The molecule has 15 heavy (non-hydrogen) atoms. The number of anilines is 1. The molecule has 0 fully saturated rings. The number of nitrogen functional groups attached to an aromatic ring is 1. The van der Waals surface area contributed by atoms with Crippen LogP contribution < -0.4 is 5.73 Å². The van der Waals surface area contributed by atoms with Gasteiger partial charge in [-0.05, 0) is 11.5 Å². The minimum atomic E-state index is 0.0956. The summed E-state index contributed by atoms with van der Waals surface area (Å²) in [5.41, 5.74) is 7.21. The fraction of sp³-hybridized carbons (Fsp3) is 0.154. The lowest BCUT2D eigenvalue weighted by molar-refractivity contribution is 0.0989. The van der Waals surface area contributed by atoms with E-state index in [2.05, 4.69) is 0 Å². The van der Waals surface area contributed by atoms with Gasteiger partial charge in [0.15, 0.2) is 5.78 Å². The van der Waals surface area contributed by atoms with E-state index in [-0.39, 0.29) is 5.78 Å². The summed E-state index contributed by atoms with van der Waals surface area (Å²) in [6.07, 6.45) is 0.489. The van der Waals surface area contributed by atoms with Gasteiger partial charge in [0.25, 0.3) is 0 Å². The number of ketones is 1. The SMILES string of the molecule is CCC(=O)c1ccc2ccccc2c1N. The highest BCUT2D eigenvalue weighted by molar-refractivity contribution is 6.08. The van der Waals surface area contributed by atoms with Gasteiger partial charge < -0.3 is 5.73 Å². The van der Waals surface area contributed by atoms with E-state index in [9.17, 15) is 4.79 Å². The standard InChI is InChI=1S/C13H13NO/c1-2-12(15)11-8-7-9-5-3-4-6-10(9)13(11)14/h3-8H,2,14H2,1H3. The maximum atomic E-state index is 11.6. The highest BCUT2D eigenvalue weighted by Crippen LogP contribution is 2.25. The fourth-order valence-corrected chi connectivity index (χ4v) is 1.73. The Morgan fingerprint density at radius 3 is 2.67 bits per heavy atom. The van der Waals surface area contributed by atoms with Gasteiger partial charge in [-0.2, -0.15) is 0 Å². The van der Waals surface area contributed by atoms with Crippen molar-refractivity contribution in [1.29, 1.82) is 0 Å². The zero-order valence-electron chi connectivity index (χ0n) is 8.66. The first-order valence-corrected chi connectivity index (χ1v) is 5.04. The summed E-state index contributed by atoms with van der Waals surface area (Å²) in [6.45, 7) is 1.84. The maximum Gasteiger partial charge on any atom is 0.164 e. The molecule has 0 atom stereocenters. The fourth-order valence-electron chi connectivity index (χ4n) is 1.73. The second-order valence-electron chi connectivity index (χ2n) is 3.52. The van der Waals surface area contributed by atoms with Crippen LogP contribution in [-0.2, 0) is 0 Å². The lowest BCUT2D eigenvalue weighted by Crippen LogP contribution is -2.02. The molecule has 2 heteroatoms. The molecule has 2 rings (SSSR count). The lowest BCUT2D eigenvalue weighted by Gasteiger charge is -2.06. The molecule has 0 radical (unpaired) electrons. The number of nitrogens with two attached hydrogens (primary N) is 1. The summed E-state index contributed by atoms with van der Waals surface area (Å²) < 4.78 is 0. The van der Waals surface area contributed by atoms with Crippen LogP contribution >= 0.6 is 0 Å². The number of hydrogen-bond acceptors (Lipinski definition) is 2. The summed E-state index contributed by atoms with van der Waals surface area (Å²) in [6, 6.07) is 11.6. The van der Waals surface area contributed by atoms with E-state index in [1.807, 2.05) is 43.3 Å². The van der Waals surface area contributed by atoms with Crippen LogP contribution in [0.5, 0.6) is 0 Å². The first-order valence-electron chi connectivity index (χ1n) is 5.04. The van der Waals surface area contributed by atoms with Crippen molar-refractivity contribution in [3.05, 3.63) is 42.0 Å². The van der Waals surface area contributed by atoms with Gasteiger partial charge in [0, 0.05) is 17.4 Å². The second kappa shape index (κ2) is 3.73. The van der Waals surface area contributed by atoms with Crippen molar-refractivity contribution in [1.82, 2.24) is 0 Å². The summed E-state index contributed by atoms with van der Waals surface area (Å²) in [7, 11) is 0. The van der Waals surface area contributed by atoms with Crippen LogP contribution in [0, 0.1) is 0 Å². The summed E-state index contributed by atoms with van der Waals surface area (Å²) in [5.74, 6) is 0.0956. The van der Waals surface area contributed by atoms with Crippen molar-refractivity contribution in [2.45, 2.75) is 13.3 Å². The summed E-state index contributed by atoms with van der Waals surface area (Å²) >= 11 is 0. The molecule has 76 valence electrons. The largest absolute Gasteiger partial charge is 0.398 e. The average molecular weight is 199 g/mol. The Labute approximate surface area is 88.7 Å². The molecule has 0 amide bonds. The molecule has 0 unspecified atom stereocenters. The van der Waals surface area contributed by atoms with E-state index < -0.39 is 0 Å². The van der Waals surface area contributed by atoms with Gasteiger partial charge in [-0.25, -0.2) is 0 Å². The van der Waals surface area contributed by atoms with Crippen LogP contribution in [-0.4, -0.2) is 5.78 Å². The van der Waals surface area contributed by atoms with Crippen molar-refractivity contribution in [2.75, 3.05) is 5.73 Å². The molecule has 2 aromatic carbocycles. The van der Waals surface area contributed by atoms with Gasteiger partial charge in [0.2, 0.25) is 0 Å². The van der Waals surface area contributed by atoms with E-state index >= 15 is 0 Å². The third kappa shape index (κ3) is 1.59. The molecule has 0 saturated heterocycles. The number of fused-ring (bicyclic) bond motifs is 1. The van der Waals surface area contributed by atoms with Crippen molar-refractivity contribution in [2.24, 2.45) is 0 Å². The molecule has 0 aliphatic rings. The first-order chi connectivity index (χ1) is 7.24. The Balaban J connectivity index is 2.70. The van der Waals surface area contributed by atoms with Gasteiger partial charge in [0.05, 0.1) is 5.69 Å². The Kier molecular flexibility index (Phi) is 2.42. The Morgan fingerprint density at radius 1 is 1.20 bits per heavy atom. The van der Waals surface area contributed by atoms with Gasteiger partial charge in [-0.1, -0.05) is 37.3 Å². The van der Waals surface area contributed by atoms with E-state index in [0.29, 0.717) is 17.7 Å². The van der Waals surface area contributed by atoms with Crippen LogP contribution in [0.3, 0.4) is 0 Å². The third-order valence-electron chi connectivity index (χ3n) is 2.59. The zero-order chi connectivity index (χ0) is 10.8. The van der Waals surface area contributed by atoms with E-state index in [1.165, 1.54) is 0 Å². The van der Waals surface area contributed by atoms with Crippen LogP contribution in [0.4, 0.5) is 5.69 Å². The number of hydrogen-bond donors (Lipinski definition) is 1. The van der Waals surface area contributed by atoms with E-state index in [4.69, 9.17) is 5.73 Å². The minimum Gasteiger partial charge on any atom is -0.398 e. The second-order valence-corrected chi connectivity index (χ2v) is 3.52. The Bertz CT molecular complexity index is 517. The van der Waals surface area contributed by atoms with Crippen molar-refractivity contribution >= 4 is 22.2 Å². The zero-order valence-corrected chi connectivity index (χ0v) is 8.66. The Morgan fingerprint density at radius 2 is 1.93 bits per heavy atom. The molecule has 0 spiro atoms. The smallest absolute Gasteiger partial charge is 0.164 e. The lowest BCUT2D eigenvalue weighted by atomic mass is 10.0. The molecule has 0 bridgehead atoms. The third-order valence-corrected chi connectivity index (χ3v) is 2.59. The van der Waals surface area contributed by atoms with Gasteiger partial charge in [0.1, 0.15) is 0 Å². The molecule has 2 N–H and O–H groups in total. The maximum absolute atomic E-state index is 11.6. The molecule has 2 aromatic rings. The number of carbonyl (C=O) groups is 1. The average Bonchev–Trinajstić information content (AvgIpc) is 2.29. The van der Waals surface area contributed by atoms with Crippen LogP contribution in [0.25, 0.3) is 10.8 Å². The van der Waals surface area contributed by atoms with Gasteiger partial charge in [-0.15, -0.1) is 0 Å². The molecule has 0 heterocycles. The van der Waals surface area contributed by atoms with Crippen LogP contribution in [0.2, 0.25) is 0 Å². The van der Waals surface area contributed by atoms with Gasteiger partial charge in [-0.3, -0.25) is 4.79 Å². The molecule has 0 aliphatic carbocycles. The van der Waals surface area contributed by atoms with E-state index in [1.54, 1.807) is 0 Å².